The van der Waals surface area contributed by atoms with Gasteiger partial charge in [-0.25, -0.2) is 0 Å². The maximum absolute atomic E-state index is 9.89. The van der Waals surface area contributed by atoms with Crippen LogP contribution in [0.5, 0.6) is 0 Å². The highest BCUT2D eigenvalue weighted by atomic mass is 16.3. The van der Waals surface area contributed by atoms with Gasteiger partial charge in [0.25, 0.3) is 0 Å². The second-order valence-corrected chi connectivity index (χ2v) is 3.67. The first kappa shape index (κ1) is 12.7. The van der Waals surface area contributed by atoms with Gasteiger partial charge < -0.3 is 15.5 Å². The lowest BCUT2D eigenvalue weighted by atomic mass is 10.0. The molecule has 1 aromatic carbocycles. The first-order valence-electron chi connectivity index (χ1n) is 5.26. The Morgan fingerprint density at radius 2 is 2.19 bits per heavy atom. The van der Waals surface area contributed by atoms with Gasteiger partial charge in [0.1, 0.15) is 6.10 Å². The molecule has 86 valence electrons. The molecule has 0 saturated carbocycles. The lowest BCUT2D eigenvalue weighted by Crippen LogP contribution is -2.23. The van der Waals surface area contributed by atoms with Gasteiger partial charge in [-0.15, -0.1) is 6.42 Å². The van der Waals surface area contributed by atoms with Gasteiger partial charge in [-0.1, -0.05) is 18.1 Å². The van der Waals surface area contributed by atoms with E-state index in [4.69, 9.17) is 6.42 Å². The summed E-state index contributed by atoms with van der Waals surface area (Å²) in [6.07, 6.45) is 4.10. The minimum Gasteiger partial charge on any atom is -0.390 e. The molecule has 16 heavy (non-hydrogen) atoms. The number of nitrogens with one attached hydrogen (secondary N) is 1. The second-order valence-electron chi connectivity index (χ2n) is 3.67. The summed E-state index contributed by atoms with van der Waals surface area (Å²) in [5, 5.41) is 22.5. The molecule has 0 amide bonds. The van der Waals surface area contributed by atoms with Crippen LogP contribution in [0.4, 0.5) is 0 Å². The van der Waals surface area contributed by atoms with Crippen molar-refractivity contribution in [1.82, 2.24) is 5.32 Å². The van der Waals surface area contributed by atoms with E-state index in [-0.39, 0.29) is 0 Å². The lowest BCUT2D eigenvalue weighted by molar-refractivity contribution is 0.0140. The first-order valence-corrected chi connectivity index (χ1v) is 5.26. The van der Waals surface area contributed by atoms with Crippen LogP contribution in [0, 0.1) is 12.3 Å². The monoisotopic (exact) mass is 219 g/mol. The summed E-state index contributed by atoms with van der Waals surface area (Å²) in [4.78, 5) is 0. The van der Waals surface area contributed by atoms with E-state index >= 15 is 0 Å². The van der Waals surface area contributed by atoms with Crippen molar-refractivity contribution < 1.29 is 10.2 Å². The van der Waals surface area contributed by atoms with Gasteiger partial charge >= 0.3 is 0 Å². The van der Waals surface area contributed by atoms with Crippen molar-refractivity contribution in [3.8, 4) is 12.3 Å². The van der Waals surface area contributed by atoms with Gasteiger partial charge in [0.2, 0.25) is 0 Å². The Bertz CT molecular complexity index is 370. The molecule has 0 aliphatic rings. The van der Waals surface area contributed by atoms with Crippen molar-refractivity contribution in [2.24, 2.45) is 0 Å². The van der Waals surface area contributed by atoms with E-state index in [0.29, 0.717) is 24.1 Å². The van der Waals surface area contributed by atoms with Crippen LogP contribution < -0.4 is 5.32 Å². The molecule has 3 nitrogen and oxygen atoms in total. The molecule has 0 aliphatic heterocycles. The predicted octanol–water partition coefficient (Wildman–Crippen LogP) is 0.672. The van der Waals surface area contributed by atoms with Crippen LogP contribution in [0.25, 0.3) is 0 Å². The van der Waals surface area contributed by atoms with E-state index in [1.807, 2.05) is 0 Å². The van der Waals surface area contributed by atoms with E-state index in [1.165, 1.54) is 0 Å². The van der Waals surface area contributed by atoms with Crippen molar-refractivity contribution in [2.75, 3.05) is 13.6 Å². The minimum atomic E-state index is -0.887. The summed E-state index contributed by atoms with van der Waals surface area (Å²) in [5.74, 6) is 2.50. The van der Waals surface area contributed by atoms with E-state index in [9.17, 15) is 10.2 Å². The van der Waals surface area contributed by atoms with Crippen LogP contribution in [0.3, 0.4) is 0 Å². The zero-order valence-corrected chi connectivity index (χ0v) is 9.35. The molecule has 0 bridgehead atoms. The molecular formula is C13H17NO2. The van der Waals surface area contributed by atoms with E-state index in [0.717, 1.165) is 0 Å². The van der Waals surface area contributed by atoms with E-state index in [1.54, 1.807) is 31.3 Å². The molecule has 0 fully saturated rings. The SMILES string of the molecule is C#Cc1cccc(C(O)C(O)CCNC)c1. The summed E-state index contributed by atoms with van der Waals surface area (Å²) in [5.41, 5.74) is 1.36. The van der Waals surface area contributed by atoms with Gasteiger partial charge in [0, 0.05) is 5.56 Å². The van der Waals surface area contributed by atoms with Gasteiger partial charge in [0.05, 0.1) is 6.10 Å². The molecule has 1 rings (SSSR count). The number of hydrogen-bond donors (Lipinski definition) is 3. The molecule has 0 radical (unpaired) electrons. The molecular weight excluding hydrogens is 202 g/mol. The number of aliphatic hydroxyl groups is 2. The Morgan fingerprint density at radius 3 is 2.81 bits per heavy atom. The largest absolute Gasteiger partial charge is 0.390 e. The van der Waals surface area contributed by atoms with Crippen molar-refractivity contribution in [3.63, 3.8) is 0 Å². The lowest BCUT2D eigenvalue weighted by Gasteiger charge is -2.18. The van der Waals surface area contributed by atoms with Crippen molar-refractivity contribution in [3.05, 3.63) is 35.4 Å². The van der Waals surface area contributed by atoms with Crippen LogP contribution in [-0.2, 0) is 0 Å². The minimum absolute atomic E-state index is 0.498. The number of hydrogen-bond acceptors (Lipinski definition) is 3. The van der Waals surface area contributed by atoms with Crippen LogP contribution in [0.15, 0.2) is 24.3 Å². The summed E-state index contributed by atoms with van der Waals surface area (Å²) >= 11 is 0. The normalized spacial score (nSPS) is 14.1. The molecule has 3 N–H and O–H groups in total. The predicted molar refractivity (Wildman–Crippen MR) is 63.9 cm³/mol. The number of rotatable bonds is 5. The molecule has 1 aromatic rings. The molecule has 0 heterocycles. The maximum atomic E-state index is 9.89. The Balaban J connectivity index is 2.71. The second kappa shape index (κ2) is 6.29. The summed E-state index contributed by atoms with van der Waals surface area (Å²) in [6.45, 7) is 0.660. The molecule has 2 unspecified atom stereocenters. The number of terminal acetylenes is 1. The maximum Gasteiger partial charge on any atom is 0.105 e. The summed E-state index contributed by atoms with van der Waals surface area (Å²) in [7, 11) is 1.80. The van der Waals surface area contributed by atoms with Crippen molar-refractivity contribution >= 4 is 0 Å². The van der Waals surface area contributed by atoms with Crippen molar-refractivity contribution in [2.45, 2.75) is 18.6 Å². The smallest absolute Gasteiger partial charge is 0.105 e. The Morgan fingerprint density at radius 1 is 1.44 bits per heavy atom. The average molecular weight is 219 g/mol. The third-order valence-corrected chi connectivity index (χ3v) is 2.45. The fourth-order valence-electron chi connectivity index (χ4n) is 1.48. The third kappa shape index (κ3) is 3.35. The van der Waals surface area contributed by atoms with Crippen LogP contribution in [-0.4, -0.2) is 29.9 Å². The zero-order chi connectivity index (χ0) is 12.0. The average Bonchev–Trinajstić information content (AvgIpc) is 2.35. The Hall–Kier alpha value is -1.34. The van der Waals surface area contributed by atoms with Crippen LogP contribution in [0.2, 0.25) is 0 Å². The molecule has 0 saturated heterocycles. The highest BCUT2D eigenvalue weighted by Gasteiger charge is 2.17. The Labute approximate surface area is 96.1 Å². The van der Waals surface area contributed by atoms with Gasteiger partial charge in [-0.3, -0.25) is 0 Å². The van der Waals surface area contributed by atoms with Crippen molar-refractivity contribution in [1.29, 1.82) is 0 Å². The van der Waals surface area contributed by atoms with Gasteiger partial charge in [-0.05, 0) is 37.7 Å². The molecule has 0 aliphatic carbocycles. The van der Waals surface area contributed by atoms with E-state index < -0.39 is 12.2 Å². The number of benzene rings is 1. The molecule has 3 heteroatoms. The van der Waals surface area contributed by atoms with Crippen LogP contribution in [0.1, 0.15) is 23.7 Å². The molecule has 0 aromatic heterocycles. The zero-order valence-electron chi connectivity index (χ0n) is 9.35. The highest BCUT2D eigenvalue weighted by Crippen LogP contribution is 2.19. The highest BCUT2D eigenvalue weighted by molar-refractivity contribution is 5.36. The topological polar surface area (TPSA) is 52.5 Å². The summed E-state index contributed by atoms with van der Waals surface area (Å²) < 4.78 is 0. The number of aliphatic hydroxyl groups excluding tert-OH is 2. The standard InChI is InChI=1S/C13H17NO2/c1-3-10-5-4-6-11(9-10)13(16)12(15)7-8-14-2/h1,4-6,9,12-16H,7-8H2,2H3. The molecule has 0 spiro atoms. The fraction of sp³-hybridized carbons (Fsp3) is 0.385. The Kier molecular flexibility index (Phi) is 5.00. The van der Waals surface area contributed by atoms with Gasteiger partial charge in [-0.2, -0.15) is 0 Å². The quantitative estimate of drug-likeness (QED) is 0.638. The fourth-order valence-corrected chi connectivity index (χ4v) is 1.48. The van der Waals surface area contributed by atoms with Gasteiger partial charge in [0.15, 0.2) is 0 Å². The third-order valence-electron chi connectivity index (χ3n) is 2.45. The van der Waals surface area contributed by atoms with E-state index in [2.05, 4.69) is 11.2 Å². The summed E-state index contributed by atoms with van der Waals surface area (Å²) in [6, 6.07) is 7.04. The molecule has 2 atom stereocenters. The van der Waals surface area contributed by atoms with Crippen LogP contribution >= 0.6 is 0 Å². The first-order chi connectivity index (χ1) is 7.69.